The smallest absolute Gasteiger partial charge is 0.273 e. The molecular formula is C21H19N5O3. The van der Waals surface area contributed by atoms with Crippen LogP contribution in [0.4, 0.5) is 0 Å². The lowest BCUT2D eigenvalue weighted by Gasteiger charge is -2.00. The summed E-state index contributed by atoms with van der Waals surface area (Å²) in [6, 6.07) is 18.6. The third-order valence-corrected chi connectivity index (χ3v) is 4.33. The summed E-state index contributed by atoms with van der Waals surface area (Å²) in [6.07, 6.45) is 0.523. The van der Waals surface area contributed by atoms with Gasteiger partial charge >= 0.3 is 0 Å². The summed E-state index contributed by atoms with van der Waals surface area (Å²) in [5.41, 5.74) is 1.97. The molecule has 0 saturated heterocycles. The molecule has 0 radical (unpaired) electrons. The number of carbonyl (C=O) groups excluding carboxylic acids is 1. The van der Waals surface area contributed by atoms with E-state index in [1.165, 1.54) is 0 Å². The van der Waals surface area contributed by atoms with Crippen LogP contribution in [0.5, 0.6) is 5.75 Å². The van der Waals surface area contributed by atoms with Gasteiger partial charge in [0.1, 0.15) is 11.6 Å². The summed E-state index contributed by atoms with van der Waals surface area (Å²) in [6.45, 7) is 0.396. The summed E-state index contributed by atoms with van der Waals surface area (Å²) in [7, 11) is 1.60. The molecular weight excluding hydrogens is 370 g/mol. The Morgan fingerprint density at radius 1 is 1.10 bits per heavy atom. The number of amides is 1. The van der Waals surface area contributed by atoms with E-state index in [2.05, 4.69) is 25.7 Å². The van der Waals surface area contributed by atoms with Gasteiger partial charge in [0.05, 0.1) is 7.11 Å². The molecule has 0 atom stereocenters. The summed E-state index contributed by atoms with van der Waals surface area (Å²) >= 11 is 0. The van der Waals surface area contributed by atoms with Crippen molar-refractivity contribution in [1.29, 1.82) is 0 Å². The number of aromatic amines is 1. The molecule has 0 bridgehead atoms. The number of rotatable bonds is 7. The molecule has 0 aliphatic rings. The standard InChI is InChI=1S/C21H19N5O3/c1-28-16-9-7-14(8-10-16)18-13-17(26-29-18)21(27)22-12-11-19-23-20(25-24-19)15-5-3-2-4-6-15/h2-10,13H,11-12H2,1H3,(H,22,27)(H,23,24,25). The molecule has 2 aromatic carbocycles. The number of aromatic nitrogens is 4. The first-order valence-corrected chi connectivity index (χ1v) is 9.09. The van der Waals surface area contributed by atoms with E-state index in [9.17, 15) is 4.79 Å². The van der Waals surface area contributed by atoms with Gasteiger partial charge in [-0.05, 0) is 24.3 Å². The summed E-state index contributed by atoms with van der Waals surface area (Å²) in [5, 5.41) is 13.8. The average Bonchev–Trinajstić information content (AvgIpc) is 3.45. The molecule has 0 aliphatic carbocycles. The highest BCUT2D eigenvalue weighted by atomic mass is 16.5. The Hall–Kier alpha value is -3.94. The van der Waals surface area contributed by atoms with Gasteiger partial charge in [-0.2, -0.15) is 5.10 Å². The van der Waals surface area contributed by atoms with Gasteiger partial charge in [-0.1, -0.05) is 35.5 Å². The van der Waals surface area contributed by atoms with Crippen LogP contribution in [0.25, 0.3) is 22.7 Å². The molecule has 2 heterocycles. The predicted octanol–water partition coefficient (Wildman–Crippen LogP) is 3.11. The molecule has 4 rings (SSSR count). The Morgan fingerprint density at radius 3 is 2.66 bits per heavy atom. The zero-order chi connectivity index (χ0) is 20.1. The maximum Gasteiger partial charge on any atom is 0.273 e. The maximum absolute atomic E-state index is 12.3. The zero-order valence-electron chi connectivity index (χ0n) is 15.8. The van der Waals surface area contributed by atoms with Crippen LogP contribution in [0.1, 0.15) is 16.3 Å². The normalized spacial score (nSPS) is 10.7. The molecule has 0 unspecified atom stereocenters. The highest BCUT2D eigenvalue weighted by molar-refractivity contribution is 5.93. The first-order chi connectivity index (χ1) is 14.2. The number of nitrogens with zero attached hydrogens (tertiary/aromatic N) is 3. The summed E-state index contributed by atoms with van der Waals surface area (Å²) in [5.74, 6) is 2.28. The molecule has 2 aromatic heterocycles. The lowest BCUT2D eigenvalue weighted by atomic mass is 10.1. The van der Waals surface area contributed by atoms with Gasteiger partial charge in [0, 0.05) is 30.2 Å². The molecule has 1 amide bonds. The van der Waals surface area contributed by atoms with Gasteiger partial charge in [-0.3, -0.25) is 9.89 Å². The van der Waals surface area contributed by atoms with Crippen LogP contribution in [0.3, 0.4) is 0 Å². The van der Waals surface area contributed by atoms with Crippen molar-refractivity contribution >= 4 is 5.91 Å². The molecule has 4 aromatic rings. The lowest BCUT2D eigenvalue weighted by molar-refractivity contribution is 0.0945. The topological polar surface area (TPSA) is 106 Å². The van der Waals surface area contributed by atoms with Crippen LogP contribution >= 0.6 is 0 Å². The van der Waals surface area contributed by atoms with Crippen LogP contribution in [0.15, 0.2) is 65.2 Å². The monoisotopic (exact) mass is 389 g/mol. The number of hydrogen-bond acceptors (Lipinski definition) is 6. The van der Waals surface area contributed by atoms with Crippen LogP contribution in [-0.2, 0) is 6.42 Å². The molecule has 29 heavy (non-hydrogen) atoms. The van der Waals surface area contributed by atoms with Gasteiger partial charge in [0.15, 0.2) is 17.3 Å². The second-order valence-corrected chi connectivity index (χ2v) is 6.28. The maximum atomic E-state index is 12.3. The first kappa shape index (κ1) is 18.4. The second-order valence-electron chi connectivity index (χ2n) is 6.28. The number of carbonyl (C=O) groups is 1. The Morgan fingerprint density at radius 2 is 1.90 bits per heavy atom. The van der Waals surface area contributed by atoms with E-state index in [0.717, 1.165) is 16.9 Å². The largest absolute Gasteiger partial charge is 0.497 e. The van der Waals surface area contributed by atoms with Crippen molar-refractivity contribution in [2.75, 3.05) is 13.7 Å². The van der Waals surface area contributed by atoms with Crippen molar-refractivity contribution in [2.24, 2.45) is 0 Å². The van der Waals surface area contributed by atoms with Crippen molar-refractivity contribution < 1.29 is 14.1 Å². The summed E-state index contributed by atoms with van der Waals surface area (Å²) in [4.78, 5) is 16.8. The average molecular weight is 389 g/mol. The Kier molecular flexibility index (Phi) is 5.33. The minimum atomic E-state index is -0.309. The fraction of sp³-hybridized carbons (Fsp3) is 0.143. The van der Waals surface area contributed by atoms with Crippen molar-refractivity contribution in [2.45, 2.75) is 6.42 Å². The number of ether oxygens (including phenoxy) is 1. The Bertz CT molecular complexity index is 1090. The molecule has 146 valence electrons. The van der Waals surface area contributed by atoms with E-state index in [4.69, 9.17) is 9.26 Å². The van der Waals surface area contributed by atoms with Crippen molar-refractivity contribution in [3.05, 3.63) is 72.2 Å². The van der Waals surface area contributed by atoms with Gasteiger partial charge in [0.25, 0.3) is 5.91 Å². The first-order valence-electron chi connectivity index (χ1n) is 9.09. The molecule has 0 saturated carbocycles. The quantitative estimate of drug-likeness (QED) is 0.503. The number of benzene rings is 2. The molecule has 0 aliphatic heterocycles. The minimum absolute atomic E-state index is 0.221. The third-order valence-electron chi connectivity index (χ3n) is 4.33. The van der Waals surface area contributed by atoms with Crippen LogP contribution < -0.4 is 10.1 Å². The highest BCUT2D eigenvalue weighted by Crippen LogP contribution is 2.23. The van der Waals surface area contributed by atoms with Crippen LogP contribution in [-0.4, -0.2) is 39.9 Å². The SMILES string of the molecule is COc1ccc(-c2cc(C(=O)NCCc3nc(-c4ccccc4)n[nH]3)no2)cc1. The minimum Gasteiger partial charge on any atom is -0.497 e. The van der Waals surface area contributed by atoms with Crippen molar-refractivity contribution in [3.63, 3.8) is 0 Å². The van der Waals surface area contributed by atoms with Crippen LogP contribution in [0, 0.1) is 0 Å². The molecule has 8 nitrogen and oxygen atoms in total. The van der Waals surface area contributed by atoms with Crippen LogP contribution in [0.2, 0.25) is 0 Å². The van der Waals surface area contributed by atoms with E-state index in [1.54, 1.807) is 13.2 Å². The van der Waals surface area contributed by atoms with Gasteiger partial charge in [-0.25, -0.2) is 4.98 Å². The van der Waals surface area contributed by atoms with E-state index in [0.29, 0.717) is 30.4 Å². The fourth-order valence-electron chi connectivity index (χ4n) is 2.78. The highest BCUT2D eigenvalue weighted by Gasteiger charge is 2.14. The fourth-order valence-corrected chi connectivity index (χ4v) is 2.78. The number of nitrogens with one attached hydrogen (secondary N) is 2. The number of methoxy groups -OCH3 is 1. The van der Waals surface area contributed by atoms with Crippen molar-refractivity contribution in [1.82, 2.24) is 25.7 Å². The van der Waals surface area contributed by atoms with E-state index in [1.807, 2.05) is 54.6 Å². The zero-order valence-corrected chi connectivity index (χ0v) is 15.8. The third kappa shape index (κ3) is 4.32. The Labute approximate surface area is 166 Å². The van der Waals surface area contributed by atoms with E-state index < -0.39 is 0 Å². The van der Waals surface area contributed by atoms with Gasteiger partial charge in [0.2, 0.25) is 0 Å². The molecule has 0 fully saturated rings. The van der Waals surface area contributed by atoms with Gasteiger partial charge < -0.3 is 14.6 Å². The predicted molar refractivity (Wildman–Crippen MR) is 106 cm³/mol. The second kappa shape index (κ2) is 8.39. The van der Waals surface area contributed by atoms with E-state index in [-0.39, 0.29) is 11.6 Å². The van der Waals surface area contributed by atoms with Gasteiger partial charge in [-0.15, -0.1) is 0 Å². The molecule has 0 spiro atoms. The lowest BCUT2D eigenvalue weighted by Crippen LogP contribution is -2.26. The Balaban J connectivity index is 1.32. The number of H-pyrrole nitrogens is 1. The molecule has 2 N–H and O–H groups in total. The number of hydrogen-bond donors (Lipinski definition) is 2. The van der Waals surface area contributed by atoms with Crippen molar-refractivity contribution in [3.8, 4) is 28.5 Å². The van der Waals surface area contributed by atoms with E-state index >= 15 is 0 Å². The molecule has 8 heteroatoms. The summed E-state index contributed by atoms with van der Waals surface area (Å²) < 4.78 is 10.4.